The predicted molar refractivity (Wildman–Crippen MR) is 101 cm³/mol. The third-order valence-corrected chi connectivity index (χ3v) is 6.12. The molecule has 0 fully saturated rings. The molecule has 0 aliphatic carbocycles. The van der Waals surface area contributed by atoms with E-state index in [2.05, 4.69) is 5.32 Å². The summed E-state index contributed by atoms with van der Waals surface area (Å²) in [5.41, 5.74) is 0.797. The second kappa shape index (κ2) is 7.43. The first-order valence-electron chi connectivity index (χ1n) is 8.36. The number of nitrogens with one attached hydrogen (secondary N) is 1. The van der Waals surface area contributed by atoms with E-state index in [-0.39, 0.29) is 28.2 Å². The third kappa shape index (κ3) is 3.74. The largest absolute Gasteiger partial charge is 0.497 e. The summed E-state index contributed by atoms with van der Waals surface area (Å²) in [5.74, 6) is -1.19. The highest BCUT2D eigenvalue weighted by molar-refractivity contribution is 7.91. The first-order valence-corrected chi connectivity index (χ1v) is 10.0. The summed E-state index contributed by atoms with van der Waals surface area (Å²) in [4.78, 5) is 37.1. The summed E-state index contributed by atoms with van der Waals surface area (Å²) < 4.78 is 29.7. The maximum atomic E-state index is 12.3. The van der Waals surface area contributed by atoms with Crippen molar-refractivity contribution in [2.75, 3.05) is 25.2 Å². The molecule has 28 heavy (non-hydrogen) atoms. The number of ether oxygens (including phenoxy) is 1. The molecule has 1 aliphatic heterocycles. The van der Waals surface area contributed by atoms with Gasteiger partial charge in [-0.25, -0.2) is 8.42 Å². The number of carbonyl (C=O) groups excluding carboxylic acids is 3. The van der Waals surface area contributed by atoms with E-state index in [9.17, 15) is 22.8 Å². The fourth-order valence-electron chi connectivity index (χ4n) is 2.79. The lowest BCUT2D eigenvalue weighted by Gasteiger charge is -2.08. The topological polar surface area (TPSA) is 110 Å². The lowest BCUT2D eigenvalue weighted by atomic mass is 10.1. The van der Waals surface area contributed by atoms with Crippen molar-refractivity contribution in [1.82, 2.24) is 4.90 Å². The number of hydrogen-bond acceptors (Lipinski definition) is 6. The highest BCUT2D eigenvalue weighted by atomic mass is 32.2. The molecule has 3 amide bonds. The van der Waals surface area contributed by atoms with Gasteiger partial charge in [-0.2, -0.15) is 0 Å². The first-order chi connectivity index (χ1) is 13.2. The molecule has 1 heterocycles. The van der Waals surface area contributed by atoms with Crippen LogP contribution in [0.2, 0.25) is 0 Å². The summed E-state index contributed by atoms with van der Waals surface area (Å²) in [5, 5.41) is 2.56. The summed E-state index contributed by atoms with van der Waals surface area (Å²) in [6.45, 7) is 0. The average Bonchev–Trinajstić information content (AvgIpc) is 2.90. The van der Waals surface area contributed by atoms with Crippen LogP contribution < -0.4 is 10.1 Å². The number of methoxy groups -OCH3 is 1. The van der Waals surface area contributed by atoms with Gasteiger partial charge < -0.3 is 10.1 Å². The Bertz CT molecular complexity index is 1060. The molecule has 3 rings (SSSR count). The van der Waals surface area contributed by atoms with Gasteiger partial charge in [-0.15, -0.1) is 0 Å². The van der Waals surface area contributed by atoms with Crippen molar-refractivity contribution >= 4 is 33.2 Å². The number of imide groups is 1. The van der Waals surface area contributed by atoms with Crippen LogP contribution in [-0.4, -0.2) is 50.9 Å². The summed E-state index contributed by atoms with van der Waals surface area (Å²) in [6, 6.07) is 10.3. The molecule has 1 N–H and O–H groups in total. The van der Waals surface area contributed by atoms with E-state index in [0.29, 0.717) is 11.4 Å². The Balaban J connectivity index is 1.65. The lowest BCUT2D eigenvalue weighted by molar-refractivity contribution is -0.115. The van der Waals surface area contributed by atoms with Crippen molar-refractivity contribution in [1.29, 1.82) is 0 Å². The molecule has 9 heteroatoms. The van der Waals surface area contributed by atoms with Gasteiger partial charge in [-0.05, 0) is 42.5 Å². The number of hydrogen-bond donors (Lipinski definition) is 1. The Morgan fingerprint density at radius 2 is 1.68 bits per heavy atom. The summed E-state index contributed by atoms with van der Waals surface area (Å²) in [7, 11) is -0.765. The van der Waals surface area contributed by atoms with Gasteiger partial charge in [0.2, 0.25) is 5.91 Å². The van der Waals surface area contributed by atoms with Crippen LogP contribution in [0, 0.1) is 0 Å². The zero-order valence-electron chi connectivity index (χ0n) is 15.3. The van der Waals surface area contributed by atoms with E-state index in [1.54, 1.807) is 0 Å². The van der Waals surface area contributed by atoms with Gasteiger partial charge in [0.1, 0.15) is 5.75 Å². The normalized spacial score (nSPS) is 13.4. The molecular formula is C19H18N2O6S. The molecule has 0 radical (unpaired) electrons. The fraction of sp³-hybridized carbons (Fsp3) is 0.211. The Hall–Kier alpha value is -3.20. The van der Waals surface area contributed by atoms with E-state index in [0.717, 1.165) is 4.90 Å². The minimum absolute atomic E-state index is 0.103. The molecule has 0 bridgehead atoms. The summed E-state index contributed by atoms with van der Waals surface area (Å²) >= 11 is 0. The Morgan fingerprint density at radius 3 is 2.32 bits per heavy atom. The molecule has 8 nitrogen and oxygen atoms in total. The van der Waals surface area contributed by atoms with E-state index in [1.807, 2.05) is 0 Å². The molecular weight excluding hydrogens is 384 g/mol. The second-order valence-electron chi connectivity index (χ2n) is 6.22. The SMILES string of the molecule is COc1ccc(S(=O)(=O)CCC(=O)Nc2ccc3c(c2)C(=O)N(C)C3=O)cc1. The molecule has 0 saturated carbocycles. The van der Waals surface area contributed by atoms with Crippen LogP contribution in [-0.2, 0) is 14.6 Å². The van der Waals surface area contributed by atoms with Gasteiger partial charge in [-0.1, -0.05) is 0 Å². The molecule has 0 saturated heterocycles. The molecule has 2 aromatic carbocycles. The van der Waals surface area contributed by atoms with E-state index >= 15 is 0 Å². The third-order valence-electron chi connectivity index (χ3n) is 4.39. The van der Waals surface area contributed by atoms with Crippen LogP contribution in [0.3, 0.4) is 0 Å². The quantitative estimate of drug-likeness (QED) is 0.737. The zero-order valence-corrected chi connectivity index (χ0v) is 16.1. The van der Waals surface area contributed by atoms with Gasteiger partial charge >= 0.3 is 0 Å². The number of amides is 3. The van der Waals surface area contributed by atoms with Crippen LogP contribution in [0.25, 0.3) is 0 Å². The predicted octanol–water partition coefficient (Wildman–Crippen LogP) is 1.72. The van der Waals surface area contributed by atoms with Crippen LogP contribution in [0.5, 0.6) is 5.75 Å². The number of carbonyl (C=O) groups is 3. The number of benzene rings is 2. The van der Waals surface area contributed by atoms with Gasteiger partial charge in [0, 0.05) is 19.2 Å². The van der Waals surface area contributed by atoms with Gasteiger partial charge in [0.25, 0.3) is 11.8 Å². The van der Waals surface area contributed by atoms with Crippen molar-refractivity contribution in [3.8, 4) is 5.75 Å². The minimum atomic E-state index is -3.63. The Morgan fingerprint density at radius 1 is 1.04 bits per heavy atom. The molecule has 0 atom stereocenters. The lowest BCUT2D eigenvalue weighted by Crippen LogP contribution is -2.24. The van der Waals surface area contributed by atoms with Gasteiger partial charge in [0.05, 0.1) is 28.9 Å². The standard InChI is InChI=1S/C19H18N2O6S/c1-21-18(23)15-8-3-12(11-16(15)19(21)24)20-17(22)9-10-28(25,26)14-6-4-13(27-2)5-7-14/h3-8,11H,9-10H2,1-2H3,(H,20,22). The molecule has 0 spiro atoms. The Labute approximate surface area is 162 Å². The Kier molecular flexibility index (Phi) is 5.19. The maximum absolute atomic E-state index is 12.3. The highest BCUT2D eigenvalue weighted by Crippen LogP contribution is 2.25. The van der Waals surface area contributed by atoms with E-state index < -0.39 is 27.6 Å². The van der Waals surface area contributed by atoms with Gasteiger partial charge in [-0.3, -0.25) is 19.3 Å². The minimum Gasteiger partial charge on any atom is -0.497 e. The first kappa shape index (κ1) is 19.6. The zero-order chi connectivity index (χ0) is 20.5. The van der Waals surface area contributed by atoms with Crippen LogP contribution in [0.4, 0.5) is 5.69 Å². The van der Waals surface area contributed by atoms with Crippen LogP contribution in [0.15, 0.2) is 47.4 Å². The second-order valence-corrected chi connectivity index (χ2v) is 8.33. The maximum Gasteiger partial charge on any atom is 0.261 e. The monoisotopic (exact) mass is 402 g/mol. The fourth-order valence-corrected chi connectivity index (χ4v) is 4.03. The molecule has 146 valence electrons. The van der Waals surface area contributed by atoms with Crippen molar-refractivity contribution < 1.29 is 27.5 Å². The molecule has 2 aromatic rings. The number of nitrogens with zero attached hydrogens (tertiary/aromatic N) is 1. The highest BCUT2D eigenvalue weighted by Gasteiger charge is 2.32. The smallest absolute Gasteiger partial charge is 0.261 e. The van der Waals surface area contributed by atoms with Crippen molar-refractivity contribution in [2.45, 2.75) is 11.3 Å². The molecule has 0 aromatic heterocycles. The van der Waals surface area contributed by atoms with E-state index in [4.69, 9.17) is 4.74 Å². The van der Waals surface area contributed by atoms with Crippen LogP contribution >= 0.6 is 0 Å². The van der Waals surface area contributed by atoms with Crippen LogP contribution in [0.1, 0.15) is 27.1 Å². The van der Waals surface area contributed by atoms with Crippen molar-refractivity contribution in [3.05, 3.63) is 53.6 Å². The van der Waals surface area contributed by atoms with Gasteiger partial charge in [0.15, 0.2) is 9.84 Å². The average molecular weight is 402 g/mol. The summed E-state index contributed by atoms with van der Waals surface area (Å²) in [6.07, 6.45) is -0.252. The van der Waals surface area contributed by atoms with Crippen molar-refractivity contribution in [2.24, 2.45) is 0 Å². The molecule has 1 aliphatic rings. The van der Waals surface area contributed by atoms with Crippen molar-refractivity contribution in [3.63, 3.8) is 0 Å². The molecule has 0 unspecified atom stereocenters. The number of fused-ring (bicyclic) bond motifs is 1. The number of sulfone groups is 1. The van der Waals surface area contributed by atoms with E-state index in [1.165, 1.54) is 56.6 Å². The number of rotatable bonds is 6. The number of anilines is 1.